The molecule has 0 unspecified atom stereocenters. The van der Waals surface area contributed by atoms with Crippen LogP contribution < -0.4 is 15.5 Å². The van der Waals surface area contributed by atoms with Crippen molar-refractivity contribution in [2.75, 3.05) is 19.8 Å². The number of benzene rings is 1. The lowest BCUT2D eigenvalue weighted by molar-refractivity contribution is -0.159. The Kier molecular flexibility index (Phi) is 6.92. The van der Waals surface area contributed by atoms with Crippen LogP contribution in [0.5, 0.6) is 5.75 Å². The van der Waals surface area contributed by atoms with Crippen LogP contribution in [0.25, 0.3) is 0 Å². The average Bonchev–Trinajstić information content (AvgIpc) is 2.98. The Morgan fingerprint density at radius 2 is 1.81 bits per heavy atom. The highest BCUT2D eigenvalue weighted by atomic mass is 16.7. The number of rotatable bonds is 7. The van der Waals surface area contributed by atoms with Gasteiger partial charge in [-0.2, -0.15) is 5.10 Å². The van der Waals surface area contributed by atoms with Gasteiger partial charge in [-0.15, -0.1) is 0 Å². The lowest BCUT2D eigenvalue weighted by atomic mass is 10.1. The molecule has 2 N–H and O–H groups in total. The highest BCUT2D eigenvalue weighted by molar-refractivity contribution is 5.83. The summed E-state index contributed by atoms with van der Waals surface area (Å²) in [6.45, 7) is 8.37. The number of carbonyl (C=O) groups excluding carboxylic acids is 2. The summed E-state index contributed by atoms with van der Waals surface area (Å²) in [4.78, 5) is 23.6. The van der Waals surface area contributed by atoms with Gasteiger partial charge < -0.3 is 19.5 Å². The molecule has 1 heterocycles. The van der Waals surface area contributed by atoms with Crippen molar-refractivity contribution in [3.05, 3.63) is 29.8 Å². The van der Waals surface area contributed by atoms with Crippen LogP contribution in [0.2, 0.25) is 0 Å². The van der Waals surface area contributed by atoms with E-state index in [4.69, 9.17) is 14.2 Å². The molecule has 148 valence electrons. The molecule has 0 aliphatic carbocycles. The van der Waals surface area contributed by atoms with Crippen LogP contribution in [0.3, 0.4) is 0 Å². The van der Waals surface area contributed by atoms with Crippen LogP contribution in [-0.4, -0.2) is 49.2 Å². The number of hydrogen-bond donors (Lipinski definition) is 2. The second-order valence-corrected chi connectivity index (χ2v) is 7.46. The quantitative estimate of drug-likeness (QED) is 0.555. The van der Waals surface area contributed by atoms with Gasteiger partial charge >= 0.3 is 0 Å². The van der Waals surface area contributed by atoms with Crippen LogP contribution in [0.1, 0.15) is 39.7 Å². The third-order valence-electron chi connectivity index (χ3n) is 3.55. The van der Waals surface area contributed by atoms with Crippen molar-refractivity contribution in [1.29, 1.82) is 0 Å². The maximum absolute atomic E-state index is 11.9. The van der Waals surface area contributed by atoms with Crippen LogP contribution in [0, 0.1) is 0 Å². The SMILES string of the molecule is CC(C)(C)NC(=O)COc1ccc(C=NNC(=O)CC2(C)OCCO2)cc1. The minimum Gasteiger partial charge on any atom is -0.484 e. The van der Waals surface area contributed by atoms with Crippen molar-refractivity contribution in [3.63, 3.8) is 0 Å². The number of nitrogens with zero attached hydrogens (tertiary/aromatic N) is 1. The molecule has 8 heteroatoms. The number of ether oxygens (including phenoxy) is 3. The molecule has 1 aromatic carbocycles. The van der Waals surface area contributed by atoms with Gasteiger partial charge in [0.05, 0.1) is 25.8 Å². The largest absolute Gasteiger partial charge is 0.484 e. The molecule has 2 rings (SSSR count). The molecule has 1 aliphatic rings. The van der Waals surface area contributed by atoms with E-state index in [0.717, 1.165) is 5.56 Å². The lowest BCUT2D eigenvalue weighted by Crippen LogP contribution is -2.43. The Labute approximate surface area is 159 Å². The van der Waals surface area contributed by atoms with Crippen LogP contribution in [-0.2, 0) is 19.1 Å². The van der Waals surface area contributed by atoms with Crippen molar-refractivity contribution in [2.45, 2.75) is 45.4 Å². The van der Waals surface area contributed by atoms with Gasteiger partial charge in [0.15, 0.2) is 12.4 Å². The zero-order valence-electron chi connectivity index (χ0n) is 16.2. The molecule has 1 aromatic rings. The van der Waals surface area contributed by atoms with E-state index in [1.165, 1.54) is 6.21 Å². The molecular weight excluding hydrogens is 350 g/mol. The first-order chi connectivity index (χ1) is 12.7. The van der Waals surface area contributed by atoms with Gasteiger partial charge in [0, 0.05) is 5.54 Å². The second kappa shape index (κ2) is 8.96. The summed E-state index contributed by atoms with van der Waals surface area (Å²) in [5, 5.41) is 6.74. The highest BCUT2D eigenvalue weighted by Crippen LogP contribution is 2.22. The third-order valence-corrected chi connectivity index (χ3v) is 3.55. The van der Waals surface area contributed by atoms with E-state index in [1.807, 2.05) is 20.8 Å². The van der Waals surface area contributed by atoms with Gasteiger partial charge in [-0.25, -0.2) is 5.43 Å². The molecule has 1 aliphatic heterocycles. The first-order valence-electron chi connectivity index (χ1n) is 8.79. The van der Waals surface area contributed by atoms with E-state index >= 15 is 0 Å². The summed E-state index contributed by atoms with van der Waals surface area (Å²) in [5.74, 6) is -0.776. The number of hydrogen-bond acceptors (Lipinski definition) is 6. The van der Waals surface area contributed by atoms with E-state index < -0.39 is 5.79 Å². The van der Waals surface area contributed by atoms with Gasteiger partial charge in [0.25, 0.3) is 5.91 Å². The Hall–Kier alpha value is -2.45. The summed E-state index contributed by atoms with van der Waals surface area (Å²) in [6.07, 6.45) is 1.60. The fourth-order valence-electron chi connectivity index (χ4n) is 2.42. The van der Waals surface area contributed by atoms with Gasteiger partial charge in [-0.1, -0.05) is 0 Å². The Balaban J connectivity index is 1.75. The maximum Gasteiger partial charge on any atom is 0.258 e. The van der Waals surface area contributed by atoms with Crippen molar-refractivity contribution in [1.82, 2.24) is 10.7 Å². The first-order valence-corrected chi connectivity index (χ1v) is 8.79. The van der Waals surface area contributed by atoms with Crippen molar-refractivity contribution < 1.29 is 23.8 Å². The first kappa shape index (κ1) is 20.9. The molecule has 0 aromatic heterocycles. The summed E-state index contributed by atoms with van der Waals surface area (Å²) in [6, 6.07) is 7.01. The molecule has 2 amide bonds. The molecule has 27 heavy (non-hydrogen) atoms. The van der Waals surface area contributed by atoms with Crippen molar-refractivity contribution in [3.8, 4) is 5.75 Å². The molecule has 0 spiro atoms. The Bertz CT molecular complexity index is 674. The molecular formula is C19H27N3O5. The molecule has 1 fully saturated rings. The summed E-state index contributed by atoms with van der Waals surface area (Å²) >= 11 is 0. The van der Waals surface area contributed by atoms with Crippen molar-refractivity contribution in [2.24, 2.45) is 5.10 Å². The van der Waals surface area contributed by atoms with Crippen LogP contribution in [0.4, 0.5) is 0 Å². The molecule has 0 atom stereocenters. The monoisotopic (exact) mass is 377 g/mol. The summed E-state index contributed by atoms with van der Waals surface area (Å²) in [5.41, 5.74) is 2.93. The lowest BCUT2D eigenvalue weighted by Gasteiger charge is -2.20. The second-order valence-electron chi connectivity index (χ2n) is 7.46. The minimum atomic E-state index is -0.877. The zero-order valence-corrected chi connectivity index (χ0v) is 16.2. The van der Waals surface area contributed by atoms with E-state index in [2.05, 4.69) is 15.8 Å². The zero-order chi connectivity index (χ0) is 19.9. The van der Waals surface area contributed by atoms with Gasteiger partial charge in [0.2, 0.25) is 5.91 Å². The van der Waals surface area contributed by atoms with Crippen LogP contribution >= 0.6 is 0 Å². The predicted octanol–water partition coefficient (Wildman–Crippen LogP) is 1.58. The smallest absolute Gasteiger partial charge is 0.258 e. The maximum atomic E-state index is 11.9. The Morgan fingerprint density at radius 1 is 1.19 bits per heavy atom. The standard InChI is InChI=1S/C19H27N3O5/c1-18(2,3)21-17(24)13-25-15-7-5-14(6-8-15)12-20-22-16(23)11-19(4)26-9-10-27-19/h5-8,12H,9-11,13H2,1-4H3,(H,21,24)(H,22,23). The number of carbonyl (C=O) groups is 2. The van der Waals surface area contributed by atoms with E-state index in [9.17, 15) is 9.59 Å². The molecule has 0 bridgehead atoms. The number of nitrogens with one attached hydrogen (secondary N) is 2. The fourth-order valence-corrected chi connectivity index (χ4v) is 2.42. The molecule has 1 saturated heterocycles. The van der Waals surface area contributed by atoms with Crippen molar-refractivity contribution >= 4 is 18.0 Å². The normalized spacial score (nSPS) is 16.3. The third kappa shape index (κ3) is 7.76. The average molecular weight is 377 g/mol. The van der Waals surface area contributed by atoms with E-state index in [1.54, 1.807) is 31.2 Å². The predicted molar refractivity (Wildman–Crippen MR) is 100 cm³/mol. The number of hydrazone groups is 1. The summed E-state index contributed by atoms with van der Waals surface area (Å²) in [7, 11) is 0. The molecule has 8 nitrogen and oxygen atoms in total. The van der Waals surface area contributed by atoms with E-state index in [-0.39, 0.29) is 30.4 Å². The van der Waals surface area contributed by atoms with Crippen LogP contribution in [0.15, 0.2) is 29.4 Å². The Morgan fingerprint density at radius 3 is 2.41 bits per heavy atom. The fraction of sp³-hybridized carbons (Fsp3) is 0.526. The van der Waals surface area contributed by atoms with Gasteiger partial charge in [-0.3, -0.25) is 9.59 Å². The number of amides is 2. The molecule has 0 saturated carbocycles. The minimum absolute atomic E-state index is 0.0519. The topological polar surface area (TPSA) is 98.2 Å². The van der Waals surface area contributed by atoms with Gasteiger partial charge in [-0.05, 0) is 57.5 Å². The summed E-state index contributed by atoms with van der Waals surface area (Å²) < 4.78 is 16.2. The van der Waals surface area contributed by atoms with E-state index in [0.29, 0.717) is 19.0 Å². The highest BCUT2D eigenvalue weighted by Gasteiger charge is 2.33. The van der Waals surface area contributed by atoms with Gasteiger partial charge in [0.1, 0.15) is 5.75 Å². The molecule has 0 radical (unpaired) electrons.